The van der Waals surface area contributed by atoms with E-state index in [4.69, 9.17) is 9.47 Å². The largest absolute Gasteiger partial charge is 0.494 e. The summed E-state index contributed by atoms with van der Waals surface area (Å²) in [5, 5.41) is 14.9. The highest BCUT2D eigenvalue weighted by molar-refractivity contribution is 5.85. The molecule has 180 valence electrons. The molecule has 0 amide bonds. The highest BCUT2D eigenvalue weighted by Gasteiger charge is 2.22. The van der Waals surface area contributed by atoms with E-state index in [1.54, 1.807) is 18.6 Å². The fraction of sp³-hybridized carbons (Fsp3) is 0.333. The van der Waals surface area contributed by atoms with E-state index in [-0.39, 0.29) is 30.2 Å². The zero-order chi connectivity index (χ0) is 24.4. The van der Waals surface area contributed by atoms with Crippen molar-refractivity contribution in [1.29, 1.82) is 0 Å². The van der Waals surface area contributed by atoms with E-state index in [2.05, 4.69) is 15.0 Å². The van der Waals surface area contributed by atoms with Crippen molar-refractivity contribution in [3.05, 3.63) is 59.7 Å². The summed E-state index contributed by atoms with van der Waals surface area (Å²) in [5.41, 5.74) is 2.61. The van der Waals surface area contributed by atoms with Crippen LogP contribution in [-0.2, 0) is 19.7 Å². The summed E-state index contributed by atoms with van der Waals surface area (Å²) >= 11 is 0. The number of aliphatic hydroxyl groups excluding tert-OH is 1. The van der Waals surface area contributed by atoms with Gasteiger partial charge in [-0.15, -0.1) is 0 Å². The fourth-order valence-corrected chi connectivity index (χ4v) is 3.87. The number of benzene rings is 1. The van der Waals surface area contributed by atoms with Crippen molar-refractivity contribution in [2.45, 2.75) is 19.7 Å². The number of ether oxygens (including phenoxy) is 2. The lowest BCUT2D eigenvalue weighted by molar-refractivity contribution is 0.214. The van der Waals surface area contributed by atoms with E-state index in [1.807, 2.05) is 31.0 Å². The van der Waals surface area contributed by atoms with Crippen molar-refractivity contribution in [3.63, 3.8) is 0 Å². The summed E-state index contributed by atoms with van der Waals surface area (Å²) in [6, 6.07) is 3.07. The molecule has 0 bridgehead atoms. The SMILES string of the molecule is COc1cc(OC)c(F)c(Cc2cn(CO)c3ncc(-c4cnn(CCN(C)C)c4)cc23)c1F. The van der Waals surface area contributed by atoms with E-state index in [0.29, 0.717) is 16.6 Å². The van der Waals surface area contributed by atoms with Crippen LogP contribution in [0.25, 0.3) is 22.2 Å². The lowest BCUT2D eigenvalue weighted by atomic mass is 10.0. The van der Waals surface area contributed by atoms with E-state index >= 15 is 0 Å². The number of fused-ring (bicyclic) bond motifs is 1. The van der Waals surface area contributed by atoms with Crippen LogP contribution in [0.15, 0.2) is 36.9 Å². The van der Waals surface area contributed by atoms with Gasteiger partial charge in [0.15, 0.2) is 23.1 Å². The van der Waals surface area contributed by atoms with Crippen LogP contribution in [0.1, 0.15) is 11.1 Å². The third-order valence-corrected chi connectivity index (χ3v) is 5.72. The third kappa shape index (κ3) is 4.46. The van der Waals surface area contributed by atoms with Crippen LogP contribution < -0.4 is 9.47 Å². The number of rotatable bonds is 9. The Labute approximate surface area is 196 Å². The first-order valence-corrected chi connectivity index (χ1v) is 10.7. The van der Waals surface area contributed by atoms with E-state index < -0.39 is 11.6 Å². The molecule has 10 heteroatoms. The minimum Gasteiger partial charge on any atom is -0.494 e. The Morgan fingerprint density at radius 3 is 2.32 bits per heavy atom. The third-order valence-electron chi connectivity index (χ3n) is 5.72. The van der Waals surface area contributed by atoms with Crippen molar-refractivity contribution in [3.8, 4) is 22.6 Å². The van der Waals surface area contributed by atoms with Gasteiger partial charge in [0.1, 0.15) is 12.4 Å². The number of halogens is 2. The smallest absolute Gasteiger partial charge is 0.171 e. The number of pyridine rings is 1. The number of nitrogens with zero attached hydrogens (tertiary/aromatic N) is 5. The van der Waals surface area contributed by atoms with Crippen LogP contribution >= 0.6 is 0 Å². The first kappa shape index (κ1) is 23.7. The zero-order valence-electron chi connectivity index (χ0n) is 19.5. The average Bonchev–Trinajstić information content (AvgIpc) is 3.45. The molecule has 34 heavy (non-hydrogen) atoms. The maximum atomic E-state index is 15.0. The summed E-state index contributed by atoms with van der Waals surface area (Å²) in [6.07, 6.45) is 6.95. The molecular weight excluding hydrogens is 444 g/mol. The molecule has 4 rings (SSSR count). The first-order chi connectivity index (χ1) is 16.4. The lowest BCUT2D eigenvalue weighted by Gasteiger charge is -2.12. The van der Waals surface area contributed by atoms with Gasteiger partial charge in [-0.05, 0) is 25.7 Å². The van der Waals surface area contributed by atoms with Gasteiger partial charge in [0, 0.05) is 59.7 Å². The normalized spacial score (nSPS) is 11.5. The molecule has 1 aromatic carbocycles. The van der Waals surface area contributed by atoms with Gasteiger partial charge in [-0.2, -0.15) is 5.10 Å². The Bertz CT molecular complexity index is 1290. The van der Waals surface area contributed by atoms with Gasteiger partial charge >= 0.3 is 0 Å². The quantitative estimate of drug-likeness (QED) is 0.404. The lowest BCUT2D eigenvalue weighted by Crippen LogP contribution is -2.18. The van der Waals surface area contributed by atoms with Crippen LogP contribution in [0.2, 0.25) is 0 Å². The Kier molecular flexibility index (Phi) is 6.80. The first-order valence-electron chi connectivity index (χ1n) is 10.7. The predicted octanol–water partition coefficient (Wildman–Crippen LogP) is 3.30. The Morgan fingerprint density at radius 2 is 1.71 bits per heavy atom. The van der Waals surface area contributed by atoms with E-state index in [0.717, 1.165) is 24.2 Å². The maximum absolute atomic E-state index is 15.0. The second-order valence-electron chi connectivity index (χ2n) is 8.22. The van der Waals surface area contributed by atoms with Crippen molar-refractivity contribution < 1.29 is 23.4 Å². The number of likely N-dealkylation sites (N-methyl/N-ethyl adjacent to an activating group) is 1. The molecule has 8 nitrogen and oxygen atoms in total. The van der Waals surface area contributed by atoms with Gasteiger partial charge in [-0.3, -0.25) is 4.68 Å². The highest BCUT2D eigenvalue weighted by atomic mass is 19.1. The highest BCUT2D eigenvalue weighted by Crippen LogP contribution is 2.34. The molecule has 0 aliphatic carbocycles. The topological polar surface area (TPSA) is 77.6 Å². The number of aromatic nitrogens is 4. The second-order valence-corrected chi connectivity index (χ2v) is 8.22. The molecule has 0 saturated carbocycles. The molecule has 0 saturated heterocycles. The van der Waals surface area contributed by atoms with Gasteiger partial charge in [0.2, 0.25) is 0 Å². The fourth-order valence-electron chi connectivity index (χ4n) is 3.87. The Balaban J connectivity index is 1.76. The summed E-state index contributed by atoms with van der Waals surface area (Å²) in [5.74, 6) is -1.81. The molecule has 4 aromatic rings. The molecule has 0 radical (unpaired) electrons. The van der Waals surface area contributed by atoms with Crippen molar-refractivity contribution in [1.82, 2.24) is 24.2 Å². The minimum absolute atomic E-state index is 0.0814. The van der Waals surface area contributed by atoms with Gasteiger partial charge in [0.05, 0.1) is 27.0 Å². The summed E-state index contributed by atoms with van der Waals surface area (Å²) in [4.78, 5) is 6.58. The number of aliphatic hydroxyl groups is 1. The Morgan fingerprint density at radius 1 is 1.00 bits per heavy atom. The van der Waals surface area contributed by atoms with Crippen molar-refractivity contribution in [2.75, 3.05) is 34.9 Å². The van der Waals surface area contributed by atoms with E-state index in [1.165, 1.54) is 24.9 Å². The van der Waals surface area contributed by atoms with Gasteiger partial charge in [-0.25, -0.2) is 13.8 Å². The molecule has 0 atom stereocenters. The summed E-state index contributed by atoms with van der Waals surface area (Å²) in [6.45, 7) is 1.27. The van der Waals surface area contributed by atoms with Crippen LogP contribution in [0.5, 0.6) is 11.5 Å². The standard InChI is InChI=1S/C24H27F2N5O3/c1-29(2)5-6-31-13-17(11-28-31)15-7-18-16(12-30(14-32)24(18)27-10-15)8-19-22(25)20(33-3)9-21(34-4)23(19)26/h7,9-13,32H,5-6,8,14H2,1-4H3. The number of hydrogen-bond acceptors (Lipinski definition) is 6. The van der Waals surface area contributed by atoms with Crippen LogP contribution in [-0.4, -0.2) is 64.2 Å². The predicted molar refractivity (Wildman–Crippen MR) is 124 cm³/mol. The second kappa shape index (κ2) is 9.78. The maximum Gasteiger partial charge on any atom is 0.171 e. The number of methoxy groups -OCH3 is 2. The molecule has 3 heterocycles. The molecule has 1 N–H and O–H groups in total. The number of hydrogen-bond donors (Lipinski definition) is 1. The minimum atomic E-state index is -0.794. The summed E-state index contributed by atoms with van der Waals surface area (Å²) in [7, 11) is 6.62. The van der Waals surface area contributed by atoms with Gasteiger partial charge < -0.3 is 24.0 Å². The average molecular weight is 472 g/mol. The molecule has 0 fully saturated rings. The molecule has 0 spiro atoms. The molecule has 3 aromatic heterocycles. The van der Waals surface area contributed by atoms with Gasteiger partial charge in [-0.1, -0.05) is 0 Å². The van der Waals surface area contributed by atoms with Crippen LogP contribution in [0.4, 0.5) is 8.78 Å². The molecule has 0 aliphatic heterocycles. The van der Waals surface area contributed by atoms with Crippen LogP contribution in [0.3, 0.4) is 0 Å². The molecule has 0 aliphatic rings. The van der Waals surface area contributed by atoms with Crippen LogP contribution in [0, 0.1) is 11.6 Å². The molecular formula is C24H27F2N5O3. The molecule has 0 unspecified atom stereocenters. The van der Waals surface area contributed by atoms with Gasteiger partial charge in [0.25, 0.3) is 0 Å². The summed E-state index contributed by atoms with van der Waals surface area (Å²) < 4.78 is 43.5. The van der Waals surface area contributed by atoms with Crippen molar-refractivity contribution >= 4 is 11.0 Å². The van der Waals surface area contributed by atoms with E-state index in [9.17, 15) is 13.9 Å². The zero-order valence-corrected chi connectivity index (χ0v) is 19.5. The van der Waals surface area contributed by atoms with Crippen molar-refractivity contribution in [2.24, 2.45) is 0 Å². The Hall–Kier alpha value is -3.50. The monoisotopic (exact) mass is 471 g/mol.